The van der Waals surface area contributed by atoms with Gasteiger partial charge in [-0.3, -0.25) is 9.59 Å². The third-order valence-corrected chi connectivity index (χ3v) is 2.26. The van der Waals surface area contributed by atoms with E-state index in [1.54, 1.807) is 12.1 Å². The van der Waals surface area contributed by atoms with Crippen molar-refractivity contribution in [2.75, 3.05) is 13.1 Å². The lowest BCUT2D eigenvalue weighted by Gasteiger charge is -2.20. The summed E-state index contributed by atoms with van der Waals surface area (Å²) in [6.07, 6.45) is 2.88. The van der Waals surface area contributed by atoms with Gasteiger partial charge in [-0.1, -0.05) is 6.08 Å². The van der Waals surface area contributed by atoms with Gasteiger partial charge in [-0.15, -0.1) is 6.58 Å². The van der Waals surface area contributed by atoms with Crippen LogP contribution < -0.4 is 10.6 Å². The first-order valence-electron chi connectivity index (χ1n) is 5.40. The Labute approximate surface area is 105 Å². The number of nitrogens with one attached hydrogen (secondary N) is 2. The Morgan fingerprint density at radius 3 is 2.72 bits per heavy atom. The minimum Gasteiger partial charge on any atom is -0.466 e. The SMILES string of the molecule is C=CCNC(=O)C(=O)NCC(C)(O)c1ccco1. The van der Waals surface area contributed by atoms with Gasteiger partial charge < -0.3 is 20.2 Å². The summed E-state index contributed by atoms with van der Waals surface area (Å²) in [5.74, 6) is -1.27. The molecule has 2 amide bonds. The van der Waals surface area contributed by atoms with Crippen molar-refractivity contribution in [3.05, 3.63) is 36.8 Å². The molecule has 0 aromatic carbocycles. The Balaban J connectivity index is 2.47. The molecular formula is C12H16N2O4. The van der Waals surface area contributed by atoms with Gasteiger partial charge in [-0.2, -0.15) is 0 Å². The van der Waals surface area contributed by atoms with Crippen LogP contribution in [-0.2, 0) is 15.2 Å². The summed E-state index contributed by atoms with van der Waals surface area (Å²) in [5.41, 5.74) is -1.36. The smallest absolute Gasteiger partial charge is 0.309 e. The molecule has 18 heavy (non-hydrogen) atoms. The van der Waals surface area contributed by atoms with Crippen LogP contribution in [0.4, 0.5) is 0 Å². The fourth-order valence-electron chi connectivity index (χ4n) is 1.25. The number of carbonyl (C=O) groups is 2. The zero-order valence-corrected chi connectivity index (χ0v) is 10.1. The average Bonchev–Trinajstić information content (AvgIpc) is 2.87. The maximum Gasteiger partial charge on any atom is 0.309 e. The molecule has 1 aromatic heterocycles. The first-order chi connectivity index (χ1) is 8.47. The van der Waals surface area contributed by atoms with Crippen LogP contribution in [0, 0.1) is 0 Å². The Morgan fingerprint density at radius 2 is 2.17 bits per heavy atom. The minimum absolute atomic E-state index is 0.124. The van der Waals surface area contributed by atoms with Crippen molar-refractivity contribution in [3.8, 4) is 0 Å². The number of hydrogen-bond donors (Lipinski definition) is 3. The van der Waals surface area contributed by atoms with Crippen LogP contribution in [0.2, 0.25) is 0 Å². The number of hydrogen-bond acceptors (Lipinski definition) is 4. The van der Waals surface area contributed by atoms with Gasteiger partial charge in [0.05, 0.1) is 12.8 Å². The van der Waals surface area contributed by atoms with E-state index in [2.05, 4.69) is 17.2 Å². The Hall–Kier alpha value is -2.08. The second-order valence-corrected chi connectivity index (χ2v) is 3.93. The van der Waals surface area contributed by atoms with Crippen LogP contribution in [0.15, 0.2) is 35.5 Å². The molecule has 1 rings (SSSR count). The van der Waals surface area contributed by atoms with Gasteiger partial charge >= 0.3 is 11.8 Å². The fraction of sp³-hybridized carbons (Fsp3) is 0.333. The number of furan rings is 1. The van der Waals surface area contributed by atoms with Gasteiger partial charge in [0, 0.05) is 6.54 Å². The van der Waals surface area contributed by atoms with E-state index in [0.29, 0.717) is 5.76 Å². The highest BCUT2D eigenvalue weighted by atomic mass is 16.4. The van der Waals surface area contributed by atoms with Gasteiger partial charge in [-0.25, -0.2) is 0 Å². The summed E-state index contributed by atoms with van der Waals surface area (Å²) < 4.78 is 5.04. The van der Waals surface area contributed by atoms with Crippen molar-refractivity contribution in [1.29, 1.82) is 0 Å². The summed E-state index contributed by atoms with van der Waals surface area (Å²) in [6, 6.07) is 3.21. The molecule has 0 fully saturated rings. The molecule has 1 unspecified atom stereocenters. The lowest BCUT2D eigenvalue weighted by Crippen LogP contribution is -2.45. The summed E-state index contributed by atoms with van der Waals surface area (Å²) in [7, 11) is 0. The van der Waals surface area contributed by atoms with E-state index in [0.717, 1.165) is 0 Å². The van der Waals surface area contributed by atoms with E-state index < -0.39 is 17.4 Å². The zero-order valence-electron chi connectivity index (χ0n) is 10.1. The van der Waals surface area contributed by atoms with E-state index in [4.69, 9.17) is 4.42 Å². The van der Waals surface area contributed by atoms with Crippen molar-refractivity contribution in [2.24, 2.45) is 0 Å². The molecule has 6 heteroatoms. The normalized spacial score (nSPS) is 13.4. The molecule has 0 aliphatic heterocycles. The van der Waals surface area contributed by atoms with Crippen LogP contribution in [0.1, 0.15) is 12.7 Å². The predicted octanol–water partition coefficient (Wildman–Crippen LogP) is -0.0945. The van der Waals surface area contributed by atoms with Gasteiger partial charge in [0.25, 0.3) is 0 Å². The first-order valence-corrected chi connectivity index (χ1v) is 5.40. The number of carbonyl (C=O) groups excluding carboxylic acids is 2. The summed E-state index contributed by atoms with van der Waals surface area (Å²) in [5, 5.41) is 14.7. The molecule has 0 bridgehead atoms. The first kappa shape index (κ1) is 14.0. The van der Waals surface area contributed by atoms with Gasteiger partial charge in [0.2, 0.25) is 0 Å². The van der Waals surface area contributed by atoms with Crippen molar-refractivity contribution < 1.29 is 19.1 Å². The highest BCUT2D eigenvalue weighted by molar-refractivity contribution is 6.35. The Morgan fingerprint density at radius 1 is 1.50 bits per heavy atom. The molecule has 0 aliphatic carbocycles. The molecular weight excluding hydrogens is 236 g/mol. The number of rotatable bonds is 5. The molecule has 0 radical (unpaired) electrons. The molecule has 6 nitrogen and oxygen atoms in total. The minimum atomic E-state index is -1.36. The quantitative estimate of drug-likeness (QED) is 0.504. The molecule has 1 heterocycles. The summed E-state index contributed by atoms with van der Waals surface area (Å²) in [6.45, 7) is 4.98. The number of aliphatic hydroxyl groups is 1. The van der Waals surface area contributed by atoms with Crippen molar-refractivity contribution in [3.63, 3.8) is 0 Å². The van der Waals surface area contributed by atoms with Crippen LogP contribution in [0.5, 0.6) is 0 Å². The van der Waals surface area contributed by atoms with E-state index in [9.17, 15) is 14.7 Å². The van der Waals surface area contributed by atoms with Crippen LogP contribution in [-0.4, -0.2) is 30.0 Å². The maximum atomic E-state index is 11.4. The van der Waals surface area contributed by atoms with Crippen molar-refractivity contribution >= 4 is 11.8 Å². The monoisotopic (exact) mass is 252 g/mol. The van der Waals surface area contributed by atoms with Gasteiger partial charge in [-0.05, 0) is 19.1 Å². The summed E-state index contributed by atoms with van der Waals surface area (Å²) >= 11 is 0. The molecule has 0 aliphatic rings. The molecule has 3 N–H and O–H groups in total. The van der Waals surface area contributed by atoms with Crippen molar-refractivity contribution in [1.82, 2.24) is 10.6 Å². The summed E-state index contributed by atoms with van der Waals surface area (Å²) in [4.78, 5) is 22.6. The molecule has 0 spiro atoms. The van der Waals surface area contributed by atoms with E-state index in [1.807, 2.05) is 0 Å². The van der Waals surface area contributed by atoms with Crippen LogP contribution >= 0.6 is 0 Å². The van der Waals surface area contributed by atoms with E-state index >= 15 is 0 Å². The predicted molar refractivity (Wildman–Crippen MR) is 64.5 cm³/mol. The second-order valence-electron chi connectivity index (χ2n) is 3.93. The standard InChI is InChI=1S/C12H16N2O4/c1-3-6-13-10(15)11(16)14-8-12(2,17)9-5-4-7-18-9/h3-5,7,17H,1,6,8H2,2H3,(H,13,15)(H,14,16). The third kappa shape index (κ3) is 3.74. The maximum absolute atomic E-state index is 11.4. The highest BCUT2D eigenvalue weighted by Gasteiger charge is 2.27. The lowest BCUT2D eigenvalue weighted by molar-refractivity contribution is -0.139. The van der Waals surface area contributed by atoms with Gasteiger partial charge in [0.1, 0.15) is 11.4 Å². The molecule has 1 aromatic rings. The molecule has 1 atom stereocenters. The highest BCUT2D eigenvalue weighted by Crippen LogP contribution is 2.19. The molecule has 98 valence electrons. The van der Waals surface area contributed by atoms with Crippen LogP contribution in [0.25, 0.3) is 0 Å². The van der Waals surface area contributed by atoms with E-state index in [1.165, 1.54) is 19.3 Å². The number of amides is 2. The second kappa shape index (κ2) is 6.02. The molecule has 0 saturated carbocycles. The lowest BCUT2D eigenvalue weighted by atomic mass is 10.0. The Kier molecular flexibility index (Phi) is 4.67. The topological polar surface area (TPSA) is 91.6 Å². The van der Waals surface area contributed by atoms with E-state index in [-0.39, 0.29) is 13.1 Å². The Bertz CT molecular complexity index is 423. The van der Waals surface area contributed by atoms with Gasteiger partial charge in [0.15, 0.2) is 0 Å². The average molecular weight is 252 g/mol. The largest absolute Gasteiger partial charge is 0.466 e. The fourth-order valence-corrected chi connectivity index (χ4v) is 1.25. The van der Waals surface area contributed by atoms with Crippen molar-refractivity contribution in [2.45, 2.75) is 12.5 Å². The third-order valence-electron chi connectivity index (χ3n) is 2.26. The van der Waals surface area contributed by atoms with Crippen LogP contribution in [0.3, 0.4) is 0 Å². The molecule has 0 saturated heterocycles. The zero-order chi connectivity index (χ0) is 13.6.